The van der Waals surface area contributed by atoms with Crippen LogP contribution in [0.4, 0.5) is 19.0 Å². The van der Waals surface area contributed by atoms with Crippen LogP contribution >= 0.6 is 0 Å². The molecule has 1 N–H and O–H groups in total. The second-order valence-electron chi connectivity index (χ2n) is 4.30. The van der Waals surface area contributed by atoms with Gasteiger partial charge in [-0.1, -0.05) is 13.3 Å². The minimum Gasteiger partial charge on any atom is -0.373 e. The zero-order valence-corrected chi connectivity index (χ0v) is 11.2. The van der Waals surface area contributed by atoms with Gasteiger partial charge in [0.15, 0.2) is 17.5 Å². The number of benzene rings is 1. The van der Waals surface area contributed by atoms with Crippen LogP contribution in [0.2, 0.25) is 0 Å². The van der Waals surface area contributed by atoms with E-state index >= 15 is 0 Å². The lowest BCUT2D eigenvalue weighted by molar-refractivity contribution is 0.447. The third-order valence-electron chi connectivity index (χ3n) is 2.94. The molecule has 0 fully saturated rings. The Hall–Kier alpha value is -2.11. The van der Waals surface area contributed by atoms with Gasteiger partial charge in [0.05, 0.1) is 5.69 Å². The molecule has 1 aromatic heterocycles. The lowest BCUT2D eigenvalue weighted by Crippen LogP contribution is -2.04. The molecule has 0 radical (unpaired) electrons. The highest BCUT2D eigenvalue weighted by molar-refractivity contribution is 5.68. The number of nitrogens with one attached hydrogen (secondary N) is 1. The van der Waals surface area contributed by atoms with Crippen LogP contribution in [-0.2, 0) is 6.42 Å². The first-order chi connectivity index (χ1) is 9.58. The summed E-state index contributed by atoms with van der Waals surface area (Å²) < 4.78 is 39.7. The van der Waals surface area contributed by atoms with Gasteiger partial charge in [-0.3, -0.25) is 0 Å². The first-order valence-electron chi connectivity index (χ1n) is 6.25. The highest BCUT2D eigenvalue weighted by atomic mass is 19.2. The van der Waals surface area contributed by atoms with E-state index in [9.17, 15) is 13.2 Å². The Bertz CT molecular complexity index is 606. The molecule has 2 rings (SSSR count). The smallest absolute Gasteiger partial charge is 0.194 e. The molecule has 0 aliphatic carbocycles. The number of rotatable bonds is 4. The predicted molar refractivity (Wildman–Crippen MR) is 70.9 cm³/mol. The average molecular weight is 281 g/mol. The van der Waals surface area contributed by atoms with Crippen LogP contribution in [0.1, 0.15) is 18.9 Å². The Morgan fingerprint density at radius 2 is 1.75 bits per heavy atom. The maximum Gasteiger partial charge on any atom is 0.194 e. The highest BCUT2D eigenvalue weighted by Gasteiger charge is 2.16. The van der Waals surface area contributed by atoms with E-state index in [1.54, 1.807) is 7.05 Å². The number of halogens is 3. The van der Waals surface area contributed by atoms with Gasteiger partial charge in [0.1, 0.15) is 12.1 Å². The molecule has 106 valence electrons. The zero-order chi connectivity index (χ0) is 14.7. The monoisotopic (exact) mass is 281 g/mol. The summed E-state index contributed by atoms with van der Waals surface area (Å²) >= 11 is 0. The highest BCUT2D eigenvalue weighted by Crippen LogP contribution is 2.28. The van der Waals surface area contributed by atoms with E-state index in [0.29, 0.717) is 17.9 Å². The van der Waals surface area contributed by atoms with Crippen molar-refractivity contribution < 1.29 is 13.2 Å². The van der Waals surface area contributed by atoms with Gasteiger partial charge in [-0.15, -0.1) is 0 Å². The molecule has 0 spiro atoms. The summed E-state index contributed by atoms with van der Waals surface area (Å²) in [7, 11) is 1.71. The molecule has 3 nitrogen and oxygen atoms in total. The van der Waals surface area contributed by atoms with Crippen LogP contribution in [0.5, 0.6) is 0 Å². The summed E-state index contributed by atoms with van der Waals surface area (Å²) in [4.78, 5) is 8.16. The van der Waals surface area contributed by atoms with Crippen LogP contribution in [0, 0.1) is 17.5 Å². The third-order valence-corrected chi connectivity index (χ3v) is 2.94. The van der Waals surface area contributed by atoms with Gasteiger partial charge >= 0.3 is 0 Å². The van der Waals surface area contributed by atoms with E-state index in [1.165, 1.54) is 6.33 Å². The quantitative estimate of drug-likeness (QED) is 0.871. The Morgan fingerprint density at radius 1 is 1.10 bits per heavy atom. The molecule has 1 heterocycles. The first kappa shape index (κ1) is 14.3. The molecule has 0 amide bonds. The van der Waals surface area contributed by atoms with Crippen LogP contribution in [0.3, 0.4) is 0 Å². The predicted octanol–water partition coefficient (Wildman–Crippen LogP) is 3.56. The molecule has 0 saturated heterocycles. The molecule has 0 aliphatic rings. The maximum atomic E-state index is 13.4. The molecule has 0 saturated carbocycles. The number of nitrogens with zero attached hydrogens (tertiary/aromatic N) is 2. The van der Waals surface area contributed by atoms with E-state index in [4.69, 9.17) is 0 Å². The summed E-state index contributed by atoms with van der Waals surface area (Å²) in [5.74, 6) is -3.34. The fourth-order valence-corrected chi connectivity index (χ4v) is 2.06. The summed E-state index contributed by atoms with van der Waals surface area (Å²) in [5, 5.41) is 2.92. The standard InChI is InChI=1S/C14H14F3N3/c1-3-4-9-13(19-7-20-14(9)18-2)8-5-10(15)12(17)11(16)6-8/h5-7H,3-4H2,1-2H3,(H,18,19,20). The Kier molecular flexibility index (Phi) is 4.22. The minimum atomic E-state index is -1.48. The molecule has 0 atom stereocenters. The molecule has 2 aromatic rings. The van der Waals surface area contributed by atoms with E-state index in [2.05, 4.69) is 15.3 Å². The lowest BCUT2D eigenvalue weighted by Gasteiger charge is -2.12. The van der Waals surface area contributed by atoms with Crippen molar-refractivity contribution in [2.24, 2.45) is 0 Å². The van der Waals surface area contributed by atoms with Crippen molar-refractivity contribution >= 4 is 5.82 Å². The number of aromatic nitrogens is 2. The molecular formula is C14H14F3N3. The maximum absolute atomic E-state index is 13.4. The van der Waals surface area contributed by atoms with Gasteiger partial charge in [0.2, 0.25) is 0 Å². The Balaban J connectivity index is 2.63. The van der Waals surface area contributed by atoms with Gasteiger partial charge in [-0.2, -0.15) is 0 Å². The first-order valence-corrected chi connectivity index (χ1v) is 6.25. The van der Waals surface area contributed by atoms with Crippen molar-refractivity contribution in [2.45, 2.75) is 19.8 Å². The van der Waals surface area contributed by atoms with Crippen LogP contribution in [0.15, 0.2) is 18.5 Å². The summed E-state index contributed by atoms with van der Waals surface area (Å²) in [5.41, 5.74) is 1.36. The van der Waals surface area contributed by atoms with Crippen molar-refractivity contribution in [1.82, 2.24) is 9.97 Å². The second-order valence-corrected chi connectivity index (χ2v) is 4.30. The summed E-state index contributed by atoms with van der Waals surface area (Å²) in [6.45, 7) is 1.97. The Labute approximate surface area is 114 Å². The van der Waals surface area contributed by atoms with Crippen molar-refractivity contribution in [2.75, 3.05) is 12.4 Å². The van der Waals surface area contributed by atoms with Gasteiger partial charge in [0, 0.05) is 18.2 Å². The van der Waals surface area contributed by atoms with E-state index in [0.717, 1.165) is 24.1 Å². The number of anilines is 1. The topological polar surface area (TPSA) is 37.8 Å². The molecule has 1 aromatic carbocycles. The van der Waals surface area contributed by atoms with Crippen molar-refractivity contribution in [3.8, 4) is 11.3 Å². The average Bonchev–Trinajstić information content (AvgIpc) is 2.44. The Morgan fingerprint density at radius 3 is 2.30 bits per heavy atom. The van der Waals surface area contributed by atoms with E-state index in [-0.39, 0.29) is 5.56 Å². The minimum absolute atomic E-state index is 0.198. The van der Waals surface area contributed by atoms with Crippen LogP contribution in [0.25, 0.3) is 11.3 Å². The third kappa shape index (κ3) is 2.59. The molecule has 6 heteroatoms. The lowest BCUT2D eigenvalue weighted by atomic mass is 10.0. The normalized spacial score (nSPS) is 10.7. The van der Waals surface area contributed by atoms with Gasteiger partial charge in [-0.05, 0) is 18.6 Å². The molecule has 0 unspecified atom stereocenters. The van der Waals surface area contributed by atoms with E-state index < -0.39 is 17.5 Å². The van der Waals surface area contributed by atoms with Gasteiger partial charge in [-0.25, -0.2) is 23.1 Å². The summed E-state index contributed by atoms with van der Waals surface area (Å²) in [6, 6.07) is 1.89. The van der Waals surface area contributed by atoms with Gasteiger partial charge in [0.25, 0.3) is 0 Å². The van der Waals surface area contributed by atoms with Gasteiger partial charge < -0.3 is 5.32 Å². The number of hydrogen-bond donors (Lipinski definition) is 1. The van der Waals surface area contributed by atoms with Crippen molar-refractivity contribution in [3.63, 3.8) is 0 Å². The van der Waals surface area contributed by atoms with Crippen LogP contribution < -0.4 is 5.32 Å². The second kappa shape index (κ2) is 5.90. The van der Waals surface area contributed by atoms with Crippen molar-refractivity contribution in [3.05, 3.63) is 41.5 Å². The molecular weight excluding hydrogens is 267 g/mol. The SMILES string of the molecule is CCCc1c(NC)ncnc1-c1cc(F)c(F)c(F)c1. The number of hydrogen-bond acceptors (Lipinski definition) is 3. The fourth-order valence-electron chi connectivity index (χ4n) is 2.06. The molecule has 20 heavy (non-hydrogen) atoms. The summed E-state index contributed by atoms with van der Waals surface area (Å²) in [6.07, 6.45) is 2.77. The molecule has 0 aliphatic heterocycles. The van der Waals surface area contributed by atoms with Crippen LogP contribution in [-0.4, -0.2) is 17.0 Å². The van der Waals surface area contributed by atoms with Crippen molar-refractivity contribution in [1.29, 1.82) is 0 Å². The largest absolute Gasteiger partial charge is 0.373 e. The molecule has 0 bridgehead atoms. The zero-order valence-electron chi connectivity index (χ0n) is 11.2. The van der Waals surface area contributed by atoms with E-state index in [1.807, 2.05) is 6.92 Å². The fraction of sp³-hybridized carbons (Fsp3) is 0.286.